The zero-order valence-corrected chi connectivity index (χ0v) is 14.2. The molecule has 26 heavy (non-hydrogen) atoms. The summed E-state index contributed by atoms with van der Waals surface area (Å²) in [6, 6.07) is 13.6. The molecule has 0 fully saturated rings. The van der Waals surface area contributed by atoms with E-state index in [2.05, 4.69) is 10.0 Å². The monoisotopic (exact) mass is 382 g/mol. The highest BCUT2D eigenvalue weighted by Gasteiger charge is 2.45. The summed E-state index contributed by atoms with van der Waals surface area (Å²) < 4.78 is 46.2. The SMILES string of the molecule is [N-]=[N+]=NC(N1Cc2ccccc2OC(c2ccc(Cl)cc2)C1)C(F)(F)F. The average Bonchev–Trinajstić information content (AvgIpc) is 2.78. The van der Waals surface area contributed by atoms with Gasteiger partial charge in [0.15, 0.2) is 6.17 Å². The fraction of sp³-hybridized carbons (Fsp3) is 0.294. The van der Waals surface area contributed by atoms with Gasteiger partial charge in [-0.05, 0) is 29.3 Å². The molecule has 0 saturated carbocycles. The molecule has 0 aromatic heterocycles. The van der Waals surface area contributed by atoms with E-state index in [4.69, 9.17) is 21.9 Å². The second-order valence-corrected chi connectivity index (χ2v) is 6.25. The first-order valence-electron chi connectivity index (χ1n) is 7.73. The van der Waals surface area contributed by atoms with Crippen LogP contribution in [0.4, 0.5) is 13.2 Å². The van der Waals surface area contributed by atoms with Crippen molar-refractivity contribution in [3.8, 4) is 5.75 Å². The number of benzene rings is 2. The van der Waals surface area contributed by atoms with Crippen LogP contribution in [0.15, 0.2) is 53.6 Å². The maximum absolute atomic E-state index is 13.4. The van der Waals surface area contributed by atoms with Crippen LogP contribution in [0.1, 0.15) is 17.2 Å². The van der Waals surface area contributed by atoms with E-state index >= 15 is 0 Å². The van der Waals surface area contributed by atoms with Gasteiger partial charge in [0.05, 0.1) is 0 Å². The van der Waals surface area contributed by atoms with Crippen molar-refractivity contribution >= 4 is 11.6 Å². The van der Waals surface area contributed by atoms with Crippen molar-refractivity contribution in [3.05, 3.63) is 75.1 Å². The fourth-order valence-electron chi connectivity index (χ4n) is 2.87. The lowest BCUT2D eigenvalue weighted by Crippen LogP contribution is -2.45. The maximum atomic E-state index is 13.4. The molecule has 9 heteroatoms. The Morgan fingerprint density at radius 3 is 2.54 bits per heavy atom. The molecule has 2 atom stereocenters. The summed E-state index contributed by atoms with van der Waals surface area (Å²) in [5.41, 5.74) is 9.86. The van der Waals surface area contributed by atoms with Crippen LogP contribution < -0.4 is 4.74 Å². The summed E-state index contributed by atoms with van der Waals surface area (Å²) >= 11 is 5.89. The van der Waals surface area contributed by atoms with Crippen molar-refractivity contribution in [2.45, 2.75) is 25.0 Å². The van der Waals surface area contributed by atoms with Crippen molar-refractivity contribution in [2.24, 2.45) is 5.11 Å². The number of ether oxygens (including phenoxy) is 1. The van der Waals surface area contributed by atoms with Gasteiger partial charge in [0.1, 0.15) is 11.9 Å². The predicted octanol–water partition coefficient (Wildman–Crippen LogP) is 5.47. The molecule has 5 nitrogen and oxygen atoms in total. The molecule has 0 spiro atoms. The van der Waals surface area contributed by atoms with Crippen LogP contribution in [-0.2, 0) is 6.54 Å². The van der Waals surface area contributed by atoms with Crippen LogP contribution in [0.5, 0.6) is 5.75 Å². The van der Waals surface area contributed by atoms with Crippen LogP contribution in [0.2, 0.25) is 5.02 Å². The van der Waals surface area contributed by atoms with E-state index in [1.165, 1.54) is 0 Å². The van der Waals surface area contributed by atoms with Gasteiger partial charge >= 0.3 is 6.18 Å². The number of para-hydroxylation sites is 1. The van der Waals surface area contributed by atoms with E-state index in [0.717, 1.165) is 4.90 Å². The van der Waals surface area contributed by atoms with E-state index in [1.54, 1.807) is 48.5 Å². The van der Waals surface area contributed by atoms with Gasteiger partial charge in [-0.2, -0.15) is 13.2 Å². The Bertz CT molecular complexity index is 822. The van der Waals surface area contributed by atoms with E-state index in [9.17, 15) is 13.2 Å². The number of alkyl halides is 3. The Hall–Kier alpha value is -2.41. The fourth-order valence-corrected chi connectivity index (χ4v) is 2.99. The molecule has 0 amide bonds. The van der Waals surface area contributed by atoms with Crippen LogP contribution in [0, 0.1) is 0 Å². The third-order valence-corrected chi connectivity index (χ3v) is 4.31. The van der Waals surface area contributed by atoms with Crippen LogP contribution in [0.3, 0.4) is 0 Å². The Kier molecular flexibility index (Phi) is 5.27. The second kappa shape index (κ2) is 7.45. The van der Waals surface area contributed by atoms with Crippen molar-refractivity contribution in [2.75, 3.05) is 6.54 Å². The number of rotatable bonds is 3. The zero-order chi connectivity index (χ0) is 18.7. The minimum Gasteiger partial charge on any atom is -0.484 e. The number of nitrogens with zero attached hydrogens (tertiary/aromatic N) is 4. The molecule has 1 heterocycles. The van der Waals surface area contributed by atoms with Gasteiger partial charge in [-0.15, -0.1) is 0 Å². The Morgan fingerprint density at radius 2 is 1.88 bits per heavy atom. The first-order chi connectivity index (χ1) is 12.4. The average molecular weight is 383 g/mol. The highest BCUT2D eigenvalue weighted by atomic mass is 35.5. The molecule has 0 radical (unpaired) electrons. The molecule has 1 aliphatic heterocycles. The van der Waals surface area contributed by atoms with Gasteiger partial charge in [-0.1, -0.05) is 47.0 Å². The predicted molar refractivity (Wildman–Crippen MR) is 90.7 cm³/mol. The molecule has 0 aliphatic carbocycles. The normalized spacial score (nSPS) is 18.8. The lowest BCUT2D eigenvalue weighted by atomic mass is 10.1. The molecule has 0 N–H and O–H groups in total. The number of halogens is 4. The molecule has 2 aromatic rings. The largest absolute Gasteiger partial charge is 0.484 e. The summed E-state index contributed by atoms with van der Waals surface area (Å²) in [5, 5.41) is 3.50. The number of hydrogen-bond acceptors (Lipinski definition) is 3. The molecule has 136 valence electrons. The second-order valence-electron chi connectivity index (χ2n) is 5.82. The van der Waals surface area contributed by atoms with E-state index in [1.807, 2.05) is 0 Å². The van der Waals surface area contributed by atoms with Gasteiger partial charge in [-0.3, -0.25) is 4.90 Å². The first kappa shape index (κ1) is 18.4. The quantitative estimate of drug-likeness (QED) is 0.401. The lowest BCUT2D eigenvalue weighted by molar-refractivity contribution is -0.185. The van der Waals surface area contributed by atoms with Crippen LogP contribution >= 0.6 is 11.6 Å². The third-order valence-electron chi connectivity index (χ3n) is 4.06. The Morgan fingerprint density at radius 1 is 1.19 bits per heavy atom. The highest BCUT2D eigenvalue weighted by molar-refractivity contribution is 6.30. The Balaban J connectivity index is 2.02. The summed E-state index contributed by atoms with van der Waals surface area (Å²) in [4.78, 5) is 3.45. The topological polar surface area (TPSA) is 61.2 Å². The first-order valence-corrected chi connectivity index (χ1v) is 8.11. The minimum atomic E-state index is -4.70. The molecule has 2 aromatic carbocycles. The standard InChI is InChI=1S/C17H14ClF3N4O/c18-13-7-5-11(6-8-13)15-10-25(16(23-24-22)17(19,20)21)9-12-3-1-2-4-14(12)26-15/h1-8,15-16H,9-10H2. The van der Waals surface area contributed by atoms with Gasteiger partial charge in [0.2, 0.25) is 0 Å². The molecule has 1 aliphatic rings. The van der Waals surface area contributed by atoms with Gasteiger partial charge in [0, 0.05) is 28.6 Å². The van der Waals surface area contributed by atoms with Crippen molar-refractivity contribution < 1.29 is 17.9 Å². The van der Waals surface area contributed by atoms with Crippen molar-refractivity contribution in [3.63, 3.8) is 0 Å². The smallest absolute Gasteiger partial charge is 0.409 e. The van der Waals surface area contributed by atoms with Crippen molar-refractivity contribution in [1.82, 2.24) is 4.90 Å². The van der Waals surface area contributed by atoms with E-state index in [0.29, 0.717) is 21.9 Å². The third kappa shape index (κ3) is 4.04. The van der Waals surface area contributed by atoms with Crippen LogP contribution in [-0.4, -0.2) is 23.8 Å². The van der Waals surface area contributed by atoms with Crippen molar-refractivity contribution in [1.29, 1.82) is 0 Å². The van der Waals surface area contributed by atoms with Gasteiger partial charge in [-0.25, -0.2) is 0 Å². The van der Waals surface area contributed by atoms with Crippen LogP contribution in [0.25, 0.3) is 10.4 Å². The van der Waals surface area contributed by atoms with Gasteiger partial charge < -0.3 is 4.74 Å². The lowest BCUT2D eigenvalue weighted by Gasteiger charge is -2.30. The molecule has 2 unspecified atom stereocenters. The zero-order valence-electron chi connectivity index (χ0n) is 13.4. The Labute approximate surface area is 152 Å². The summed E-state index contributed by atoms with van der Waals surface area (Å²) in [6.45, 7) is -0.150. The maximum Gasteiger partial charge on any atom is 0.409 e. The summed E-state index contributed by atoms with van der Waals surface area (Å²) in [5.74, 6) is 0.497. The van der Waals surface area contributed by atoms with Gasteiger partial charge in [0.25, 0.3) is 0 Å². The molecule has 0 saturated heterocycles. The number of fused-ring (bicyclic) bond motifs is 1. The highest BCUT2D eigenvalue weighted by Crippen LogP contribution is 2.35. The summed E-state index contributed by atoms with van der Waals surface area (Å²) in [7, 11) is 0. The van der Waals surface area contributed by atoms with E-state index < -0.39 is 18.4 Å². The molecule has 3 rings (SSSR count). The molecular weight excluding hydrogens is 369 g/mol. The minimum absolute atomic E-state index is 0.0521. The molecular formula is C17H14ClF3N4O. The number of hydrogen-bond donors (Lipinski definition) is 0. The van der Waals surface area contributed by atoms with E-state index in [-0.39, 0.29) is 13.1 Å². The molecule has 0 bridgehead atoms. The number of azide groups is 1. The summed E-state index contributed by atoms with van der Waals surface area (Å²) in [6.07, 6.45) is -7.65.